The summed E-state index contributed by atoms with van der Waals surface area (Å²) in [6, 6.07) is 15.4. The van der Waals surface area contributed by atoms with Crippen LogP contribution in [0.1, 0.15) is 25.7 Å². The van der Waals surface area contributed by atoms with Crippen molar-refractivity contribution in [3.05, 3.63) is 42.5 Å². The van der Waals surface area contributed by atoms with Crippen molar-refractivity contribution in [2.45, 2.75) is 25.7 Å². The topological polar surface area (TPSA) is 9.23 Å². The summed E-state index contributed by atoms with van der Waals surface area (Å²) in [4.78, 5) is 0. The zero-order chi connectivity index (χ0) is 12.6. The summed E-state index contributed by atoms with van der Waals surface area (Å²) in [6.07, 6.45) is 4.88. The third-order valence-electron chi connectivity index (χ3n) is 2.94. The number of hydrogen-bond donors (Lipinski definition) is 0. The first-order valence-corrected chi connectivity index (χ1v) is 7.62. The van der Waals surface area contributed by atoms with Gasteiger partial charge in [0, 0.05) is 10.7 Å². The van der Waals surface area contributed by atoms with Crippen LogP contribution in [0.2, 0.25) is 0 Å². The molecule has 2 rings (SSSR count). The maximum absolute atomic E-state index is 5.86. The van der Waals surface area contributed by atoms with Gasteiger partial charge in [0.05, 0.1) is 6.61 Å². The van der Waals surface area contributed by atoms with Crippen LogP contribution in [0.25, 0.3) is 10.8 Å². The second-order valence-electron chi connectivity index (χ2n) is 4.34. The van der Waals surface area contributed by atoms with Gasteiger partial charge in [-0.2, -0.15) is 0 Å². The molecule has 0 saturated heterocycles. The van der Waals surface area contributed by atoms with Crippen molar-refractivity contribution in [3.8, 4) is 5.75 Å². The van der Waals surface area contributed by atoms with Crippen molar-refractivity contribution >= 4 is 26.7 Å². The molecule has 1 nitrogen and oxygen atoms in total. The van der Waals surface area contributed by atoms with E-state index in [9.17, 15) is 0 Å². The molecular weight excluding hydrogens is 288 g/mol. The van der Waals surface area contributed by atoms with Gasteiger partial charge >= 0.3 is 0 Å². The summed E-state index contributed by atoms with van der Waals surface area (Å²) in [7, 11) is 0. The molecule has 95 valence electrons. The van der Waals surface area contributed by atoms with E-state index < -0.39 is 0 Å². The zero-order valence-corrected chi connectivity index (χ0v) is 12.1. The molecule has 0 spiro atoms. The van der Waals surface area contributed by atoms with Crippen LogP contribution in [0.5, 0.6) is 5.75 Å². The number of halogens is 1. The molecule has 0 bridgehead atoms. The molecule has 2 heteroatoms. The van der Waals surface area contributed by atoms with Gasteiger partial charge in [-0.15, -0.1) is 0 Å². The van der Waals surface area contributed by atoms with Crippen LogP contribution >= 0.6 is 15.9 Å². The fourth-order valence-corrected chi connectivity index (χ4v) is 2.37. The molecule has 2 aromatic carbocycles. The monoisotopic (exact) mass is 305 g/mol. The summed E-state index contributed by atoms with van der Waals surface area (Å²) in [6.45, 7) is 0.796. The lowest BCUT2D eigenvalue weighted by Gasteiger charge is -2.08. The lowest BCUT2D eigenvalue weighted by Crippen LogP contribution is -1.98. The Morgan fingerprint density at radius 3 is 2.72 bits per heavy atom. The third-order valence-corrected chi connectivity index (χ3v) is 3.50. The maximum atomic E-state index is 5.86. The molecule has 0 amide bonds. The molecule has 0 N–H and O–H groups in total. The smallest absolute Gasteiger partial charge is 0.127 e. The first-order valence-electron chi connectivity index (χ1n) is 6.50. The van der Waals surface area contributed by atoms with E-state index >= 15 is 0 Å². The van der Waals surface area contributed by atoms with Gasteiger partial charge in [-0.1, -0.05) is 59.1 Å². The van der Waals surface area contributed by atoms with Gasteiger partial charge in [-0.05, 0) is 30.4 Å². The van der Waals surface area contributed by atoms with Crippen LogP contribution < -0.4 is 4.74 Å². The minimum Gasteiger partial charge on any atom is -0.493 e. The Hall–Kier alpha value is -1.02. The van der Waals surface area contributed by atoms with E-state index in [1.54, 1.807) is 0 Å². The Labute approximate surface area is 117 Å². The molecule has 0 saturated carbocycles. The van der Waals surface area contributed by atoms with Crippen LogP contribution in [-0.2, 0) is 0 Å². The van der Waals surface area contributed by atoms with Gasteiger partial charge in [0.15, 0.2) is 0 Å². The van der Waals surface area contributed by atoms with Crippen LogP contribution in [0.4, 0.5) is 0 Å². The van der Waals surface area contributed by atoms with Gasteiger partial charge < -0.3 is 4.74 Å². The largest absolute Gasteiger partial charge is 0.493 e. The third kappa shape index (κ3) is 3.74. The van der Waals surface area contributed by atoms with Crippen molar-refractivity contribution in [1.29, 1.82) is 0 Å². The van der Waals surface area contributed by atoms with E-state index in [4.69, 9.17) is 4.74 Å². The number of hydrogen-bond acceptors (Lipinski definition) is 1. The van der Waals surface area contributed by atoms with Crippen molar-refractivity contribution < 1.29 is 4.74 Å². The predicted octanol–water partition coefficient (Wildman–Crippen LogP) is 4.97. The molecule has 1 radical (unpaired) electrons. The van der Waals surface area contributed by atoms with Gasteiger partial charge in [0.25, 0.3) is 0 Å². The highest BCUT2D eigenvalue weighted by Crippen LogP contribution is 2.24. The predicted molar refractivity (Wildman–Crippen MR) is 80.5 cm³/mol. The molecule has 0 fully saturated rings. The van der Waals surface area contributed by atoms with Gasteiger partial charge in [-0.3, -0.25) is 0 Å². The SMILES string of the molecule is BrCCCCCCOc1cccc2ccc[c]c12. The highest BCUT2D eigenvalue weighted by molar-refractivity contribution is 9.09. The Morgan fingerprint density at radius 2 is 1.83 bits per heavy atom. The minimum atomic E-state index is 0.796. The van der Waals surface area contributed by atoms with Gasteiger partial charge in [0.1, 0.15) is 5.75 Å². The van der Waals surface area contributed by atoms with Gasteiger partial charge in [0.2, 0.25) is 0 Å². The molecule has 2 aromatic rings. The van der Waals surface area contributed by atoms with Crippen LogP contribution in [0.3, 0.4) is 0 Å². The lowest BCUT2D eigenvalue weighted by atomic mass is 10.1. The average Bonchev–Trinajstić information content (AvgIpc) is 2.43. The minimum absolute atomic E-state index is 0.796. The number of alkyl halides is 1. The second-order valence-corrected chi connectivity index (χ2v) is 5.14. The Bertz CT molecular complexity index is 476. The van der Waals surface area contributed by atoms with Gasteiger partial charge in [-0.25, -0.2) is 0 Å². The lowest BCUT2D eigenvalue weighted by molar-refractivity contribution is 0.308. The number of ether oxygens (including phenoxy) is 1. The summed E-state index contributed by atoms with van der Waals surface area (Å²) in [5.74, 6) is 0.952. The molecule has 0 aliphatic rings. The number of rotatable bonds is 7. The Balaban J connectivity index is 1.88. The average molecular weight is 306 g/mol. The number of unbranched alkanes of at least 4 members (excludes halogenated alkanes) is 3. The highest BCUT2D eigenvalue weighted by atomic mass is 79.9. The molecule has 0 unspecified atom stereocenters. The zero-order valence-electron chi connectivity index (χ0n) is 10.5. The van der Waals surface area contributed by atoms with E-state index in [1.807, 2.05) is 24.3 Å². The first kappa shape index (κ1) is 13.4. The molecule has 0 atom stereocenters. The molecular formula is C16H18BrO. The molecule has 0 heterocycles. The fourth-order valence-electron chi connectivity index (χ4n) is 1.98. The van der Waals surface area contributed by atoms with E-state index in [1.165, 1.54) is 24.6 Å². The van der Waals surface area contributed by atoms with E-state index in [-0.39, 0.29) is 0 Å². The number of fused-ring (bicyclic) bond motifs is 1. The summed E-state index contributed by atoms with van der Waals surface area (Å²) >= 11 is 3.45. The molecule has 0 aromatic heterocycles. The summed E-state index contributed by atoms with van der Waals surface area (Å²) in [5, 5.41) is 3.38. The van der Waals surface area contributed by atoms with Crippen molar-refractivity contribution in [2.75, 3.05) is 11.9 Å². The fraction of sp³-hybridized carbons (Fsp3) is 0.375. The van der Waals surface area contributed by atoms with Crippen molar-refractivity contribution in [1.82, 2.24) is 0 Å². The van der Waals surface area contributed by atoms with Crippen LogP contribution in [-0.4, -0.2) is 11.9 Å². The Kier molecular flexibility index (Phi) is 5.53. The molecule has 0 aliphatic heterocycles. The van der Waals surface area contributed by atoms with Crippen LogP contribution in [0, 0.1) is 6.07 Å². The summed E-state index contributed by atoms with van der Waals surface area (Å²) < 4.78 is 5.86. The quantitative estimate of drug-likeness (QED) is 0.518. The highest BCUT2D eigenvalue weighted by Gasteiger charge is 2.00. The first-order chi connectivity index (χ1) is 8.92. The normalized spacial score (nSPS) is 10.7. The second kappa shape index (κ2) is 7.42. The molecule has 0 aliphatic carbocycles. The standard InChI is InChI=1S/C16H18BrO/c17-12-5-1-2-6-13-18-16-11-7-9-14-8-3-4-10-15(14)16/h3-4,7-9,11H,1-2,5-6,12-13H2. The number of benzene rings is 2. The van der Waals surface area contributed by atoms with Crippen molar-refractivity contribution in [2.24, 2.45) is 0 Å². The van der Waals surface area contributed by atoms with E-state index in [0.29, 0.717) is 0 Å². The van der Waals surface area contributed by atoms with Crippen molar-refractivity contribution in [3.63, 3.8) is 0 Å². The molecule has 18 heavy (non-hydrogen) atoms. The van der Waals surface area contributed by atoms with Crippen LogP contribution in [0.15, 0.2) is 36.4 Å². The van der Waals surface area contributed by atoms with E-state index in [0.717, 1.165) is 29.5 Å². The maximum Gasteiger partial charge on any atom is 0.127 e. The summed E-state index contributed by atoms with van der Waals surface area (Å²) in [5.41, 5.74) is 0. The Morgan fingerprint density at radius 1 is 1.00 bits per heavy atom. The van der Waals surface area contributed by atoms with E-state index in [2.05, 4.69) is 34.1 Å².